The van der Waals surface area contributed by atoms with Crippen molar-refractivity contribution in [3.8, 4) is 0 Å². The van der Waals surface area contributed by atoms with Crippen molar-refractivity contribution >= 4 is 5.91 Å². The molecule has 0 fully saturated rings. The van der Waals surface area contributed by atoms with Crippen LogP contribution >= 0.6 is 0 Å². The third-order valence-corrected chi connectivity index (χ3v) is 3.29. The average Bonchev–Trinajstić information content (AvgIpc) is 2.42. The zero-order chi connectivity index (χ0) is 14.3. The van der Waals surface area contributed by atoms with E-state index in [-0.39, 0.29) is 5.91 Å². The van der Waals surface area contributed by atoms with E-state index in [4.69, 9.17) is 5.73 Å². The number of benzene rings is 1. The molecule has 0 spiro atoms. The number of nitrogens with one attached hydrogen (secondary N) is 1. The molecular formula is C15H25N3O. The van der Waals surface area contributed by atoms with Crippen LogP contribution in [0.4, 0.5) is 0 Å². The van der Waals surface area contributed by atoms with Crippen molar-refractivity contribution in [3.63, 3.8) is 0 Å². The smallest absolute Gasteiger partial charge is 0.248 e. The maximum absolute atomic E-state index is 11.1. The number of hydrogen-bond acceptors (Lipinski definition) is 3. The summed E-state index contributed by atoms with van der Waals surface area (Å²) in [6.07, 6.45) is 0. The van der Waals surface area contributed by atoms with Gasteiger partial charge in [0.2, 0.25) is 5.91 Å². The predicted octanol–water partition coefficient (Wildman–Crippen LogP) is 1.61. The first-order valence-electron chi connectivity index (χ1n) is 6.91. The molecule has 0 aromatic heterocycles. The number of hydrogen-bond donors (Lipinski definition) is 2. The highest BCUT2D eigenvalue weighted by Crippen LogP contribution is 2.05. The summed E-state index contributed by atoms with van der Waals surface area (Å²) in [6, 6.07) is 7.87. The number of carbonyl (C=O) groups is 1. The molecule has 0 aliphatic carbocycles. The van der Waals surface area contributed by atoms with Crippen LogP contribution in [0.15, 0.2) is 24.3 Å². The third-order valence-electron chi connectivity index (χ3n) is 3.29. The lowest BCUT2D eigenvalue weighted by molar-refractivity contribution is 0.1000. The van der Waals surface area contributed by atoms with E-state index in [9.17, 15) is 4.79 Å². The molecule has 0 heterocycles. The number of likely N-dealkylation sites (N-methyl/N-ethyl adjacent to an activating group) is 1. The van der Waals surface area contributed by atoms with Crippen LogP contribution in [0.2, 0.25) is 0 Å². The standard InChI is InChI=1S/C15H25N3O/c1-4-18(5-2)11-12(3)17-10-13-7-6-8-14(9-13)15(16)19/h6-9,12,17H,4-5,10-11H2,1-3H3,(H2,16,19). The zero-order valence-electron chi connectivity index (χ0n) is 12.1. The number of carbonyl (C=O) groups excluding carboxylic acids is 1. The topological polar surface area (TPSA) is 58.4 Å². The predicted molar refractivity (Wildman–Crippen MR) is 79.0 cm³/mol. The van der Waals surface area contributed by atoms with E-state index in [1.807, 2.05) is 18.2 Å². The summed E-state index contributed by atoms with van der Waals surface area (Å²) < 4.78 is 0. The van der Waals surface area contributed by atoms with Crippen LogP contribution in [0.3, 0.4) is 0 Å². The minimum absolute atomic E-state index is 0.377. The van der Waals surface area contributed by atoms with E-state index in [0.29, 0.717) is 11.6 Å². The number of amides is 1. The minimum Gasteiger partial charge on any atom is -0.366 e. The molecule has 1 rings (SSSR count). The van der Waals surface area contributed by atoms with Gasteiger partial charge in [-0.25, -0.2) is 0 Å². The first kappa shape index (κ1) is 15.7. The Hall–Kier alpha value is -1.39. The molecule has 0 radical (unpaired) electrons. The van der Waals surface area contributed by atoms with E-state index in [1.165, 1.54) is 0 Å². The fourth-order valence-corrected chi connectivity index (χ4v) is 2.06. The summed E-state index contributed by atoms with van der Waals surface area (Å²) in [7, 11) is 0. The van der Waals surface area contributed by atoms with Crippen LogP contribution in [0.5, 0.6) is 0 Å². The fourth-order valence-electron chi connectivity index (χ4n) is 2.06. The summed E-state index contributed by atoms with van der Waals surface area (Å²) in [6.45, 7) is 10.4. The Bertz CT molecular complexity index is 402. The number of rotatable bonds is 8. The van der Waals surface area contributed by atoms with Crippen LogP contribution in [0.25, 0.3) is 0 Å². The van der Waals surface area contributed by atoms with E-state index >= 15 is 0 Å². The lowest BCUT2D eigenvalue weighted by atomic mass is 10.1. The van der Waals surface area contributed by atoms with Gasteiger partial charge in [-0.3, -0.25) is 4.79 Å². The Labute approximate surface area is 116 Å². The number of nitrogens with zero attached hydrogens (tertiary/aromatic N) is 1. The Morgan fingerprint density at radius 3 is 2.63 bits per heavy atom. The lowest BCUT2D eigenvalue weighted by Gasteiger charge is -2.23. The summed E-state index contributed by atoms with van der Waals surface area (Å²) in [5.41, 5.74) is 6.93. The molecule has 4 heteroatoms. The van der Waals surface area contributed by atoms with E-state index < -0.39 is 0 Å². The summed E-state index contributed by atoms with van der Waals surface area (Å²) in [4.78, 5) is 13.5. The Morgan fingerprint density at radius 1 is 1.37 bits per heavy atom. The minimum atomic E-state index is -0.377. The van der Waals surface area contributed by atoms with Crippen molar-refractivity contribution in [2.45, 2.75) is 33.4 Å². The van der Waals surface area contributed by atoms with Crippen molar-refractivity contribution in [3.05, 3.63) is 35.4 Å². The van der Waals surface area contributed by atoms with Gasteiger partial charge in [0.15, 0.2) is 0 Å². The van der Waals surface area contributed by atoms with Gasteiger partial charge in [-0.1, -0.05) is 26.0 Å². The molecule has 0 bridgehead atoms. The number of nitrogens with two attached hydrogens (primary N) is 1. The van der Waals surface area contributed by atoms with E-state index in [0.717, 1.165) is 31.7 Å². The molecule has 1 atom stereocenters. The van der Waals surface area contributed by atoms with Gasteiger partial charge in [0, 0.05) is 24.7 Å². The summed E-state index contributed by atoms with van der Waals surface area (Å²) >= 11 is 0. The molecule has 0 aliphatic heterocycles. The lowest BCUT2D eigenvalue weighted by Crippen LogP contribution is -2.38. The van der Waals surface area contributed by atoms with Gasteiger partial charge in [0.1, 0.15) is 0 Å². The SMILES string of the molecule is CCN(CC)CC(C)NCc1cccc(C(N)=O)c1. The van der Waals surface area contributed by atoms with Gasteiger partial charge >= 0.3 is 0 Å². The third kappa shape index (κ3) is 5.41. The van der Waals surface area contributed by atoms with E-state index in [2.05, 4.69) is 31.0 Å². The van der Waals surface area contributed by atoms with Crippen LogP contribution in [0, 0.1) is 0 Å². The molecule has 1 aromatic carbocycles. The van der Waals surface area contributed by atoms with Crippen LogP contribution in [-0.4, -0.2) is 36.5 Å². The normalized spacial score (nSPS) is 12.6. The average molecular weight is 263 g/mol. The van der Waals surface area contributed by atoms with Gasteiger partial charge in [0.05, 0.1) is 0 Å². The van der Waals surface area contributed by atoms with Crippen LogP contribution in [0.1, 0.15) is 36.7 Å². The first-order valence-corrected chi connectivity index (χ1v) is 6.91. The second-order valence-corrected chi connectivity index (χ2v) is 4.83. The van der Waals surface area contributed by atoms with Gasteiger partial charge in [0.25, 0.3) is 0 Å². The molecule has 0 saturated carbocycles. The highest BCUT2D eigenvalue weighted by molar-refractivity contribution is 5.92. The van der Waals surface area contributed by atoms with Crippen molar-refractivity contribution in [1.29, 1.82) is 0 Å². The highest BCUT2D eigenvalue weighted by Gasteiger charge is 2.07. The molecule has 0 aliphatic rings. The Kier molecular flexibility index (Phi) is 6.53. The second kappa shape index (κ2) is 7.92. The molecule has 1 unspecified atom stereocenters. The molecule has 4 nitrogen and oxygen atoms in total. The molecule has 1 amide bonds. The van der Waals surface area contributed by atoms with Crippen molar-refractivity contribution < 1.29 is 4.79 Å². The monoisotopic (exact) mass is 263 g/mol. The molecule has 1 aromatic rings. The molecule has 106 valence electrons. The molecule has 0 saturated heterocycles. The van der Waals surface area contributed by atoms with Crippen molar-refractivity contribution in [2.24, 2.45) is 5.73 Å². The van der Waals surface area contributed by atoms with Gasteiger partial charge < -0.3 is 16.0 Å². The van der Waals surface area contributed by atoms with E-state index in [1.54, 1.807) is 6.07 Å². The highest BCUT2D eigenvalue weighted by atomic mass is 16.1. The number of primary amides is 1. The maximum atomic E-state index is 11.1. The summed E-state index contributed by atoms with van der Waals surface area (Å²) in [5, 5.41) is 3.47. The zero-order valence-corrected chi connectivity index (χ0v) is 12.1. The Morgan fingerprint density at radius 2 is 2.05 bits per heavy atom. The van der Waals surface area contributed by atoms with Crippen LogP contribution in [-0.2, 0) is 6.54 Å². The fraction of sp³-hybridized carbons (Fsp3) is 0.533. The molecular weight excluding hydrogens is 238 g/mol. The largest absolute Gasteiger partial charge is 0.366 e. The van der Waals surface area contributed by atoms with Gasteiger partial charge in [-0.15, -0.1) is 0 Å². The van der Waals surface area contributed by atoms with Crippen LogP contribution < -0.4 is 11.1 Å². The quantitative estimate of drug-likeness (QED) is 0.749. The van der Waals surface area contributed by atoms with Crippen molar-refractivity contribution in [2.75, 3.05) is 19.6 Å². The second-order valence-electron chi connectivity index (χ2n) is 4.83. The summed E-state index contributed by atoms with van der Waals surface area (Å²) in [5.74, 6) is -0.377. The van der Waals surface area contributed by atoms with Gasteiger partial charge in [-0.2, -0.15) is 0 Å². The molecule has 3 N–H and O–H groups in total. The maximum Gasteiger partial charge on any atom is 0.248 e. The first-order chi connectivity index (χ1) is 9.06. The Balaban J connectivity index is 2.47. The van der Waals surface area contributed by atoms with Gasteiger partial charge in [-0.05, 0) is 37.7 Å². The molecule has 19 heavy (non-hydrogen) atoms. The van der Waals surface area contributed by atoms with Crippen molar-refractivity contribution in [1.82, 2.24) is 10.2 Å².